The molecule has 0 fully saturated rings. The van der Waals surface area contributed by atoms with Crippen molar-refractivity contribution < 1.29 is 19.3 Å². The van der Waals surface area contributed by atoms with Crippen molar-refractivity contribution in [3.63, 3.8) is 0 Å². The van der Waals surface area contributed by atoms with Crippen LogP contribution < -0.4 is 0 Å². The third-order valence-corrected chi connectivity index (χ3v) is 4.73. The molecule has 0 aromatic heterocycles. The number of phenolic OH excluding ortho intramolecular Hbond substituents is 1. The van der Waals surface area contributed by atoms with Crippen LogP contribution in [0.4, 0.5) is 0 Å². The van der Waals surface area contributed by atoms with Crippen molar-refractivity contribution in [2.45, 2.75) is 64.3 Å². The van der Waals surface area contributed by atoms with Crippen LogP contribution >= 0.6 is 0 Å². The molecule has 0 heterocycles. The lowest BCUT2D eigenvalue weighted by Crippen LogP contribution is -2.44. The number of aryl methyl sites for hydroxylation is 1. The van der Waals surface area contributed by atoms with Gasteiger partial charge in [0.15, 0.2) is 0 Å². The normalized spacial score (nSPS) is 13.2. The van der Waals surface area contributed by atoms with Crippen molar-refractivity contribution in [1.82, 2.24) is 0 Å². The van der Waals surface area contributed by atoms with E-state index in [1.807, 2.05) is 12.1 Å². The molecule has 0 bridgehead atoms. The lowest BCUT2D eigenvalue weighted by molar-refractivity contribution is -0.380. The maximum atomic E-state index is 9.40. The average molecular weight is 338 g/mol. The molecule has 0 spiro atoms. The number of benzene rings is 1. The number of unbranched alkanes of at least 4 members (excludes halogenated alkanes) is 4. The second-order valence-electron chi connectivity index (χ2n) is 6.32. The molecule has 0 amide bonds. The first-order valence-corrected chi connectivity index (χ1v) is 9.05. The van der Waals surface area contributed by atoms with Gasteiger partial charge in [0.05, 0.1) is 0 Å². The molecule has 138 valence electrons. The fraction of sp³-hybridized carbons (Fsp3) is 0.700. The van der Waals surface area contributed by atoms with Gasteiger partial charge in [0.2, 0.25) is 0 Å². The Morgan fingerprint density at radius 3 is 2.00 bits per heavy atom. The molecule has 0 aliphatic carbocycles. The summed E-state index contributed by atoms with van der Waals surface area (Å²) in [6, 6.07) is 7.38. The zero-order valence-corrected chi connectivity index (χ0v) is 15.7. The Morgan fingerprint density at radius 2 is 1.46 bits per heavy atom. The van der Waals surface area contributed by atoms with Gasteiger partial charge in [-0.05, 0) is 37.0 Å². The van der Waals surface area contributed by atoms with E-state index in [0.29, 0.717) is 5.75 Å². The van der Waals surface area contributed by atoms with Crippen LogP contribution in [0.2, 0.25) is 0 Å². The van der Waals surface area contributed by atoms with E-state index < -0.39 is 5.97 Å². The summed E-state index contributed by atoms with van der Waals surface area (Å²) in [6.45, 7) is 2.23. The second-order valence-corrected chi connectivity index (χ2v) is 6.32. The summed E-state index contributed by atoms with van der Waals surface area (Å²) < 4.78 is 16.8. The minimum Gasteiger partial charge on any atom is -0.508 e. The Bertz CT molecular complexity index is 418. The summed E-state index contributed by atoms with van der Waals surface area (Å²) >= 11 is 0. The van der Waals surface area contributed by atoms with Crippen LogP contribution in [-0.4, -0.2) is 32.4 Å². The third kappa shape index (κ3) is 6.42. The molecule has 0 aliphatic rings. The predicted molar refractivity (Wildman–Crippen MR) is 97.1 cm³/mol. The van der Waals surface area contributed by atoms with E-state index in [0.717, 1.165) is 25.7 Å². The van der Waals surface area contributed by atoms with Gasteiger partial charge < -0.3 is 19.3 Å². The molecule has 4 nitrogen and oxygen atoms in total. The van der Waals surface area contributed by atoms with Crippen LogP contribution in [-0.2, 0) is 20.6 Å². The first-order valence-electron chi connectivity index (χ1n) is 9.05. The number of rotatable bonds is 13. The molecule has 1 unspecified atom stereocenters. The largest absolute Gasteiger partial charge is 0.508 e. The fourth-order valence-electron chi connectivity index (χ4n) is 3.25. The van der Waals surface area contributed by atoms with E-state index >= 15 is 0 Å². The predicted octanol–water partition coefficient (Wildman–Crippen LogP) is 4.89. The maximum absolute atomic E-state index is 9.40. The van der Waals surface area contributed by atoms with E-state index in [2.05, 4.69) is 6.92 Å². The SMILES string of the molecule is CCCCCCCC(CCc1ccc(O)cc1)C(OC)(OC)OC. The van der Waals surface area contributed by atoms with Gasteiger partial charge in [-0.3, -0.25) is 0 Å². The highest BCUT2D eigenvalue weighted by Crippen LogP contribution is 2.32. The zero-order valence-electron chi connectivity index (χ0n) is 15.7. The number of methoxy groups -OCH3 is 3. The lowest BCUT2D eigenvalue weighted by Gasteiger charge is -2.36. The van der Waals surface area contributed by atoms with Crippen molar-refractivity contribution in [2.24, 2.45) is 5.92 Å². The standard InChI is InChI=1S/C20H34O4/c1-5-6-7-8-9-10-18(20(22-2,23-3)24-4)14-11-17-12-15-19(21)16-13-17/h12-13,15-16,18,21H,5-11,14H2,1-4H3. The van der Waals surface area contributed by atoms with Gasteiger partial charge >= 0.3 is 0 Å². The summed E-state index contributed by atoms with van der Waals surface area (Å²) in [5, 5.41) is 9.40. The molecule has 0 aliphatic heterocycles. The molecule has 0 radical (unpaired) electrons. The quantitative estimate of drug-likeness (QED) is 0.411. The molecule has 1 aromatic rings. The van der Waals surface area contributed by atoms with E-state index in [-0.39, 0.29) is 5.92 Å². The molecule has 1 rings (SSSR count). The van der Waals surface area contributed by atoms with Gasteiger partial charge in [-0.25, -0.2) is 0 Å². The average Bonchev–Trinajstić information content (AvgIpc) is 2.61. The second kappa shape index (κ2) is 11.5. The van der Waals surface area contributed by atoms with Crippen LogP contribution in [0.25, 0.3) is 0 Å². The van der Waals surface area contributed by atoms with Crippen LogP contribution in [0.3, 0.4) is 0 Å². The molecular formula is C20H34O4. The Hall–Kier alpha value is -1.10. The number of phenols is 1. The molecule has 0 saturated carbocycles. The van der Waals surface area contributed by atoms with Crippen molar-refractivity contribution in [3.05, 3.63) is 29.8 Å². The molecule has 1 N–H and O–H groups in total. The number of aromatic hydroxyl groups is 1. The maximum Gasteiger partial charge on any atom is 0.285 e. The number of ether oxygens (including phenoxy) is 3. The molecule has 0 saturated heterocycles. The summed E-state index contributed by atoms with van der Waals surface area (Å²) in [4.78, 5) is 0. The zero-order chi connectivity index (χ0) is 17.8. The van der Waals surface area contributed by atoms with Crippen molar-refractivity contribution in [1.29, 1.82) is 0 Å². The third-order valence-electron chi connectivity index (χ3n) is 4.73. The molecule has 24 heavy (non-hydrogen) atoms. The monoisotopic (exact) mass is 338 g/mol. The Labute approximate surface area is 147 Å². The van der Waals surface area contributed by atoms with Gasteiger partial charge in [-0.15, -0.1) is 0 Å². The van der Waals surface area contributed by atoms with E-state index in [9.17, 15) is 5.11 Å². The molecule has 1 aromatic carbocycles. The highest BCUT2D eigenvalue weighted by Gasteiger charge is 2.39. The summed E-state index contributed by atoms with van der Waals surface area (Å²) in [5.41, 5.74) is 1.20. The Kier molecular flexibility index (Phi) is 9.99. The van der Waals surface area contributed by atoms with Crippen LogP contribution in [0.5, 0.6) is 5.75 Å². The van der Waals surface area contributed by atoms with Crippen molar-refractivity contribution >= 4 is 0 Å². The van der Waals surface area contributed by atoms with Gasteiger partial charge in [0.1, 0.15) is 5.75 Å². The highest BCUT2D eigenvalue weighted by atomic mass is 16.9. The summed E-state index contributed by atoms with van der Waals surface area (Å²) in [7, 11) is 4.91. The Morgan fingerprint density at radius 1 is 0.875 bits per heavy atom. The molecular weight excluding hydrogens is 304 g/mol. The van der Waals surface area contributed by atoms with E-state index in [1.165, 1.54) is 31.2 Å². The summed E-state index contributed by atoms with van der Waals surface area (Å²) in [6.07, 6.45) is 9.03. The van der Waals surface area contributed by atoms with E-state index in [4.69, 9.17) is 14.2 Å². The first-order chi connectivity index (χ1) is 11.6. The summed E-state index contributed by atoms with van der Waals surface area (Å²) in [5.74, 6) is -0.527. The number of hydrogen-bond donors (Lipinski definition) is 1. The Balaban J connectivity index is 2.66. The fourth-order valence-corrected chi connectivity index (χ4v) is 3.25. The lowest BCUT2D eigenvalue weighted by atomic mass is 9.91. The smallest absolute Gasteiger partial charge is 0.285 e. The van der Waals surface area contributed by atoms with E-state index in [1.54, 1.807) is 33.5 Å². The van der Waals surface area contributed by atoms with Crippen LogP contribution in [0, 0.1) is 5.92 Å². The molecule has 4 heteroatoms. The van der Waals surface area contributed by atoms with Gasteiger partial charge in [-0.2, -0.15) is 0 Å². The topological polar surface area (TPSA) is 47.9 Å². The van der Waals surface area contributed by atoms with Crippen LogP contribution in [0.15, 0.2) is 24.3 Å². The minimum absolute atomic E-state index is 0.160. The molecule has 1 atom stereocenters. The van der Waals surface area contributed by atoms with Gasteiger partial charge in [0, 0.05) is 27.2 Å². The first kappa shape index (κ1) is 20.9. The number of hydrogen-bond acceptors (Lipinski definition) is 4. The van der Waals surface area contributed by atoms with Gasteiger partial charge in [-0.1, -0.05) is 51.2 Å². The van der Waals surface area contributed by atoms with Crippen molar-refractivity contribution in [3.8, 4) is 5.75 Å². The van der Waals surface area contributed by atoms with Gasteiger partial charge in [0.25, 0.3) is 5.97 Å². The van der Waals surface area contributed by atoms with Crippen molar-refractivity contribution in [2.75, 3.05) is 21.3 Å². The highest BCUT2D eigenvalue weighted by molar-refractivity contribution is 5.25. The minimum atomic E-state index is -0.984. The van der Waals surface area contributed by atoms with Crippen LogP contribution in [0.1, 0.15) is 57.4 Å².